The van der Waals surface area contributed by atoms with E-state index in [1.54, 1.807) is 18.2 Å². The number of rotatable bonds is 4. The molecule has 0 radical (unpaired) electrons. The van der Waals surface area contributed by atoms with Crippen molar-refractivity contribution in [1.82, 2.24) is 29.9 Å². The minimum Gasteiger partial charge on any atom is -0.233 e. The van der Waals surface area contributed by atoms with Gasteiger partial charge in [0.05, 0.1) is 28.1 Å². The van der Waals surface area contributed by atoms with Crippen molar-refractivity contribution in [2.24, 2.45) is 0 Å². The van der Waals surface area contributed by atoms with Crippen LogP contribution in [0.25, 0.3) is 17.1 Å². The SMILES string of the molecule is Fc1cccc(F)c1-c1cc2c(nn1)C1(c3cccc(-n4cnc(C(F)F)n4)n3)CCC2CC1. The van der Waals surface area contributed by atoms with Crippen LogP contribution in [0, 0.1) is 11.6 Å². The predicted molar refractivity (Wildman–Crippen MR) is 113 cm³/mol. The van der Waals surface area contributed by atoms with Gasteiger partial charge in [0, 0.05) is 0 Å². The van der Waals surface area contributed by atoms with Gasteiger partial charge in [-0.3, -0.25) is 0 Å². The highest BCUT2D eigenvalue weighted by Crippen LogP contribution is 2.55. The summed E-state index contributed by atoms with van der Waals surface area (Å²) in [4.78, 5) is 8.39. The molecule has 0 spiro atoms. The van der Waals surface area contributed by atoms with Crippen LogP contribution in [0.1, 0.15) is 60.8 Å². The van der Waals surface area contributed by atoms with Crippen LogP contribution >= 0.6 is 0 Å². The molecule has 0 N–H and O–H groups in total. The van der Waals surface area contributed by atoms with E-state index in [9.17, 15) is 17.6 Å². The highest BCUT2D eigenvalue weighted by Gasteiger charge is 2.48. The number of pyridine rings is 1. The first-order valence-corrected chi connectivity index (χ1v) is 11.0. The lowest BCUT2D eigenvalue weighted by Gasteiger charge is -2.46. The molecule has 2 bridgehead atoms. The molecule has 0 aliphatic heterocycles. The maximum atomic E-state index is 14.4. The molecule has 6 nitrogen and oxygen atoms in total. The maximum absolute atomic E-state index is 14.4. The fourth-order valence-corrected chi connectivity index (χ4v) is 5.29. The molecule has 3 heterocycles. The summed E-state index contributed by atoms with van der Waals surface area (Å²) >= 11 is 0. The number of benzene rings is 1. The Bertz CT molecular complexity index is 1370. The van der Waals surface area contributed by atoms with Crippen molar-refractivity contribution in [2.75, 3.05) is 0 Å². The van der Waals surface area contributed by atoms with Gasteiger partial charge in [0.1, 0.15) is 18.0 Å². The summed E-state index contributed by atoms with van der Waals surface area (Å²) in [6.45, 7) is 0. The Morgan fingerprint density at radius 1 is 0.971 bits per heavy atom. The van der Waals surface area contributed by atoms with Crippen molar-refractivity contribution in [3.63, 3.8) is 0 Å². The van der Waals surface area contributed by atoms with Crippen LogP contribution in [0.2, 0.25) is 0 Å². The van der Waals surface area contributed by atoms with Crippen LogP contribution in [-0.2, 0) is 5.41 Å². The molecule has 34 heavy (non-hydrogen) atoms. The van der Waals surface area contributed by atoms with Crippen molar-refractivity contribution in [1.29, 1.82) is 0 Å². The topological polar surface area (TPSA) is 69.4 Å². The molecule has 1 aromatic carbocycles. The van der Waals surface area contributed by atoms with Gasteiger partial charge in [0.15, 0.2) is 5.82 Å². The fourth-order valence-electron chi connectivity index (χ4n) is 5.29. The van der Waals surface area contributed by atoms with E-state index in [2.05, 4.69) is 20.3 Å². The molecule has 3 aromatic heterocycles. The number of fused-ring (bicyclic) bond motifs is 2. The Morgan fingerprint density at radius 2 is 1.71 bits per heavy atom. The Balaban J connectivity index is 1.45. The van der Waals surface area contributed by atoms with E-state index in [-0.39, 0.29) is 17.2 Å². The van der Waals surface area contributed by atoms with Gasteiger partial charge in [-0.05, 0) is 67.5 Å². The molecule has 0 saturated heterocycles. The molecule has 0 unspecified atom stereocenters. The van der Waals surface area contributed by atoms with E-state index in [4.69, 9.17) is 4.98 Å². The molecule has 10 heteroatoms. The second-order valence-corrected chi connectivity index (χ2v) is 8.72. The summed E-state index contributed by atoms with van der Waals surface area (Å²) < 4.78 is 55.9. The summed E-state index contributed by atoms with van der Waals surface area (Å²) in [5, 5.41) is 12.5. The van der Waals surface area contributed by atoms with Crippen LogP contribution in [0.3, 0.4) is 0 Å². The van der Waals surface area contributed by atoms with E-state index >= 15 is 0 Å². The number of nitrogens with zero attached hydrogens (tertiary/aromatic N) is 6. The quantitative estimate of drug-likeness (QED) is 0.382. The lowest BCUT2D eigenvalue weighted by atomic mass is 9.58. The highest BCUT2D eigenvalue weighted by atomic mass is 19.3. The van der Waals surface area contributed by atoms with E-state index in [1.807, 2.05) is 6.07 Å². The zero-order valence-electron chi connectivity index (χ0n) is 17.8. The first-order valence-electron chi connectivity index (χ1n) is 11.0. The molecule has 3 aliphatic carbocycles. The van der Waals surface area contributed by atoms with E-state index in [0.717, 1.165) is 42.6 Å². The van der Waals surface area contributed by atoms with Crippen LogP contribution in [0.15, 0.2) is 48.8 Å². The normalized spacial score (nSPS) is 21.1. The Morgan fingerprint density at radius 3 is 2.41 bits per heavy atom. The molecule has 7 rings (SSSR count). The average Bonchev–Trinajstić information content (AvgIpc) is 3.36. The van der Waals surface area contributed by atoms with Crippen LogP contribution in [0.4, 0.5) is 17.6 Å². The summed E-state index contributed by atoms with van der Waals surface area (Å²) in [5.41, 5.74) is 1.88. The largest absolute Gasteiger partial charge is 0.299 e. The molecule has 3 aliphatic rings. The van der Waals surface area contributed by atoms with Gasteiger partial charge in [-0.15, -0.1) is 10.2 Å². The van der Waals surface area contributed by atoms with Gasteiger partial charge in [-0.1, -0.05) is 12.1 Å². The van der Waals surface area contributed by atoms with Crippen LogP contribution < -0.4 is 0 Å². The van der Waals surface area contributed by atoms with Gasteiger partial charge in [-0.2, -0.15) is 5.10 Å². The second-order valence-electron chi connectivity index (χ2n) is 8.72. The van der Waals surface area contributed by atoms with Crippen molar-refractivity contribution >= 4 is 0 Å². The first-order chi connectivity index (χ1) is 16.5. The fraction of sp³-hybridized carbons (Fsp3) is 0.292. The van der Waals surface area contributed by atoms with Gasteiger partial charge < -0.3 is 0 Å². The minimum atomic E-state index is -2.77. The number of aromatic nitrogens is 6. The van der Waals surface area contributed by atoms with E-state index in [1.165, 1.54) is 29.2 Å². The Kier molecular flexibility index (Phi) is 4.72. The second kappa shape index (κ2) is 7.68. The van der Waals surface area contributed by atoms with Crippen molar-refractivity contribution in [3.8, 4) is 17.1 Å². The molecular formula is C24H18F4N6. The zero-order valence-corrected chi connectivity index (χ0v) is 17.8. The first kappa shape index (κ1) is 20.9. The van der Waals surface area contributed by atoms with E-state index < -0.39 is 29.3 Å². The summed E-state index contributed by atoms with van der Waals surface area (Å²) in [7, 11) is 0. The molecular weight excluding hydrogens is 448 g/mol. The van der Waals surface area contributed by atoms with Crippen molar-refractivity contribution in [3.05, 3.63) is 83.2 Å². The standard InChI is InChI=1S/C24H18F4N6/c25-15-3-1-4-16(26)20(15)17-11-14-13-7-9-24(10-8-13,21(14)32-31-17)18-5-2-6-19(30-18)34-12-29-23(33-34)22(27)28/h1-6,11-13,22H,7-10H2. The molecule has 0 atom stereocenters. The highest BCUT2D eigenvalue weighted by molar-refractivity contribution is 5.62. The van der Waals surface area contributed by atoms with Gasteiger partial charge in [0.25, 0.3) is 6.43 Å². The third kappa shape index (κ3) is 3.12. The summed E-state index contributed by atoms with van der Waals surface area (Å²) in [6, 6.07) is 10.8. The van der Waals surface area contributed by atoms with Crippen molar-refractivity contribution in [2.45, 2.75) is 43.4 Å². The predicted octanol–water partition coefficient (Wildman–Crippen LogP) is 5.29. The van der Waals surface area contributed by atoms with E-state index in [0.29, 0.717) is 5.82 Å². The lowest BCUT2D eigenvalue weighted by molar-refractivity contribution is 0.140. The number of hydrogen-bond acceptors (Lipinski definition) is 5. The Hall–Kier alpha value is -3.69. The Labute approximate surface area is 191 Å². The van der Waals surface area contributed by atoms with Crippen molar-refractivity contribution < 1.29 is 17.6 Å². The smallest absolute Gasteiger partial charge is 0.233 e. The number of alkyl halides is 2. The number of halogens is 4. The maximum Gasteiger partial charge on any atom is 0.299 e. The summed E-state index contributed by atoms with van der Waals surface area (Å²) in [6.07, 6.45) is 1.79. The monoisotopic (exact) mass is 466 g/mol. The third-order valence-corrected chi connectivity index (χ3v) is 6.94. The van der Waals surface area contributed by atoms with Gasteiger partial charge in [0.2, 0.25) is 5.82 Å². The number of hydrogen-bond donors (Lipinski definition) is 0. The molecule has 1 fully saturated rings. The third-order valence-electron chi connectivity index (χ3n) is 6.94. The van der Waals surface area contributed by atoms with Crippen LogP contribution in [0.5, 0.6) is 0 Å². The minimum absolute atomic E-state index is 0.168. The van der Waals surface area contributed by atoms with Gasteiger partial charge >= 0.3 is 0 Å². The van der Waals surface area contributed by atoms with Crippen LogP contribution in [-0.4, -0.2) is 29.9 Å². The molecule has 1 saturated carbocycles. The molecule has 0 amide bonds. The molecule has 172 valence electrons. The lowest BCUT2D eigenvalue weighted by Crippen LogP contribution is -2.41. The van der Waals surface area contributed by atoms with Gasteiger partial charge in [-0.25, -0.2) is 32.2 Å². The zero-order chi connectivity index (χ0) is 23.4. The average molecular weight is 466 g/mol. The molecule has 4 aromatic rings. The summed E-state index contributed by atoms with van der Waals surface area (Å²) in [5.74, 6) is -1.33.